The second-order valence-corrected chi connectivity index (χ2v) is 8.54. The van der Waals surface area contributed by atoms with Gasteiger partial charge in [0.15, 0.2) is 5.76 Å². The topological polar surface area (TPSA) is 81.1 Å². The number of fused-ring (bicyclic) bond motifs is 1. The monoisotopic (exact) mass is 540 g/mol. The number of rotatable bonds is 11. The lowest BCUT2D eigenvalue weighted by Crippen LogP contribution is -2.27. The van der Waals surface area contributed by atoms with E-state index in [4.69, 9.17) is 16.0 Å². The van der Waals surface area contributed by atoms with E-state index < -0.39 is 41.7 Å². The van der Waals surface area contributed by atoms with Crippen LogP contribution in [0.5, 0.6) is 0 Å². The Morgan fingerprint density at radius 3 is 2.51 bits per heavy atom. The van der Waals surface area contributed by atoms with Gasteiger partial charge in [-0.05, 0) is 37.4 Å². The molecule has 1 amide bonds. The molecule has 13 heteroatoms. The molecule has 3 heterocycles. The van der Waals surface area contributed by atoms with E-state index in [0.717, 1.165) is 25.2 Å². The van der Waals surface area contributed by atoms with Crippen LogP contribution in [0.3, 0.4) is 0 Å². The number of anilines is 1. The van der Waals surface area contributed by atoms with Crippen LogP contribution >= 0.6 is 11.6 Å². The van der Waals surface area contributed by atoms with Crippen LogP contribution in [0.25, 0.3) is 11.0 Å². The Bertz CT molecular complexity index is 1380. The second-order valence-electron chi connectivity index (χ2n) is 8.17. The fraction of sp³-hybridized carbons (Fsp3) is 0.375. The smallest absolute Gasteiger partial charge is 0.293 e. The van der Waals surface area contributed by atoms with Crippen LogP contribution in [-0.4, -0.2) is 49.8 Å². The number of benzene rings is 1. The van der Waals surface area contributed by atoms with Gasteiger partial charge in [-0.2, -0.15) is 5.10 Å². The number of alkyl halides is 4. The van der Waals surface area contributed by atoms with E-state index in [9.17, 15) is 22.4 Å². The molecular weight excluding hydrogens is 516 g/mol. The zero-order valence-corrected chi connectivity index (χ0v) is 20.9. The van der Waals surface area contributed by atoms with Crippen molar-refractivity contribution in [1.29, 1.82) is 0 Å². The molecule has 3 aromatic heterocycles. The molecule has 8 nitrogen and oxygen atoms in total. The maximum atomic E-state index is 13.4. The first kappa shape index (κ1) is 26.7. The number of nitrogens with zero attached hydrogens (tertiary/aromatic N) is 5. The summed E-state index contributed by atoms with van der Waals surface area (Å²) in [4.78, 5) is 19.7. The highest BCUT2D eigenvalue weighted by Gasteiger charge is 2.28. The molecule has 0 radical (unpaired) electrons. The standard InChI is InChI=1S/C24H25ClF4N6O2/c1-3-33(4-2)11-12-34-16-8-6-5-7-15(16)30-24(34)31-23(36)17-10-9-14(37-17)13-35-20(22(28)29)18(25)19(32-35)21(26)27/h5-10,21-22H,3-4,11-13H2,1-2H3,(H,30,31,36). The Morgan fingerprint density at radius 1 is 1.11 bits per heavy atom. The highest BCUT2D eigenvalue weighted by molar-refractivity contribution is 6.32. The van der Waals surface area contributed by atoms with E-state index in [-0.39, 0.29) is 11.5 Å². The highest BCUT2D eigenvalue weighted by atomic mass is 35.5. The van der Waals surface area contributed by atoms with Gasteiger partial charge >= 0.3 is 0 Å². The van der Waals surface area contributed by atoms with Crippen LogP contribution in [0.15, 0.2) is 40.8 Å². The third kappa shape index (κ3) is 5.64. The molecule has 0 bridgehead atoms. The fourth-order valence-corrected chi connectivity index (χ4v) is 4.32. The van der Waals surface area contributed by atoms with Gasteiger partial charge in [0.25, 0.3) is 18.8 Å². The lowest BCUT2D eigenvalue weighted by molar-refractivity contribution is 0.0992. The number of nitrogens with one attached hydrogen (secondary N) is 1. The first-order valence-corrected chi connectivity index (χ1v) is 12.0. The number of hydrogen-bond donors (Lipinski definition) is 1. The van der Waals surface area contributed by atoms with Crippen molar-refractivity contribution in [3.8, 4) is 0 Å². The second kappa shape index (κ2) is 11.3. The van der Waals surface area contributed by atoms with Crippen molar-refractivity contribution < 1.29 is 26.8 Å². The normalized spacial score (nSPS) is 11.9. The summed E-state index contributed by atoms with van der Waals surface area (Å²) >= 11 is 5.69. The van der Waals surface area contributed by atoms with Gasteiger partial charge in [0, 0.05) is 13.1 Å². The summed E-state index contributed by atoms with van der Waals surface area (Å²) in [7, 11) is 0. The van der Waals surface area contributed by atoms with Crippen LogP contribution in [0.4, 0.5) is 23.5 Å². The van der Waals surface area contributed by atoms with Crippen molar-refractivity contribution in [3.05, 3.63) is 64.3 Å². The Morgan fingerprint density at radius 2 is 1.84 bits per heavy atom. The molecule has 37 heavy (non-hydrogen) atoms. The summed E-state index contributed by atoms with van der Waals surface area (Å²) in [6.07, 6.45) is -6.25. The zero-order chi connectivity index (χ0) is 26.7. The Labute approximate surface area is 214 Å². The summed E-state index contributed by atoms with van der Waals surface area (Å²) < 4.78 is 61.1. The minimum Gasteiger partial charge on any atom is -0.454 e. The SMILES string of the molecule is CCN(CC)CCn1c(NC(=O)c2ccc(Cn3nc(C(F)F)c(Cl)c3C(F)F)o2)nc2ccccc21. The minimum absolute atomic E-state index is 0.0575. The maximum Gasteiger partial charge on any atom is 0.293 e. The third-order valence-electron chi connectivity index (χ3n) is 5.97. The number of aromatic nitrogens is 4. The van der Waals surface area contributed by atoms with E-state index in [2.05, 4.69) is 34.1 Å². The average Bonchev–Trinajstić information content (AvgIpc) is 3.56. The first-order chi connectivity index (χ1) is 17.7. The van der Waals surface area contributed by atoms with Gasteiger partial charge in [0.2, 0.25) is 5.95 Å². The molecule has 198 valence electrons. The van der Waals surface area contributed by atoms with Gasteiger partial charge in [0.05, 0.1) is 22.6 Å². The predicted octanol–water partition coefficient (Wildman–Crippen LogP) is 6.00. The van der Waals surface area contributed by atoms with E-state index in [1.807, 2.05) is 28.8 Å². The number of furan rings is 1. The Kier molecular flexibility index (Phi) is 8.18. The number of hydrogen-bond acceptors (Lipinski definition) is 5. The van der Waals surface area contributed by atoms with Gasteiger partial charge in [-0.3, -0.25) is 14.8 Å². The van der Waals surface area contributed by atoms with E-state index in [1.54, 1.807) is 0 Å². The lowest BCUT2D eigenvalue weighted by Gasteiger charge is -2.19. The molecule has 0 spiro atoms. The van der Waals surface area contributed by atoms with Crippen LogP contribution in [0.1, 0.15) is 54.4 Å². The van der Waals surface area contributed by atoms with Gasteiger partial charge in [-0.1, -0.05) is 37.6 Å². The quantitative estimate of drug-likeness (QED) is 0.236. The van der Waals surface area contributed by atoms with Crippen molar-refractivity contribution in [1.82, 2.24) is 24.2 Å². The molecule has 4 rings (SSSR count). The molecule has 0 unspecified atom stereocenters. The summed E-state index contributed by atoms with van der Waals surface area (Å²) in [5, 5.41) is 5.46. The summed E-state index contributed by atoms with van der Waals surface area (Å²) in [6, 6.07) is 10.2. The molecule has 0 saturated heterocycles. The number of para-hydroxylation sites is 2. The summed E-state index contributed by atoms with van der Waals surface area (Å²) in [5.41, 5.74) is -0.219. The Balaban J connectivity index is 1.55. The van der Waals surface area contributed by atoms with Crippen LogP contribution in [0.2, 0.25) is 5.02 Å². The molecule has 0 saturated carbocycles. The number of carbonyl (C=O) groups excluding carboxylic acids is 1. The Hall–Kier alpha value is -3.38. The predicted molar refractivity (Wildman–Crippen MR) is 130 cm³/mol. The van der Waals surface area contributed by atoms with Gasteiger partial charge < -0.3 is 13.9 Å². The van der Waals surface area contributed by atoms with Crippen molar-refractivity contribution in [2.75, 3.05) is 25.0 Å². The summed E-state index contributed by atoms with van der Waals surface area (Å²) in [6.45, 7) is 6.83. The third-order valence-corrected chi connectivity index (χ3v) is 6.36. The van der Waals surface area contributed by atoms with Gasteiger partial charge in [0.1, 0.15) is 17.1 Å². The van der Waals surface area contributed by atoms with Crippen LogP contribution in [-0.2, 0) is 13.1 Å². The maximum absolute atomic E-state index is 13.4. The number of halogens is 5. The number of carbonyl (C=O) groups is 1. The molecule has 0 atom stereocenters. The fourth-order valence-electron chi connectivity index (χ4n) is 4.01. The number of amides is 1. The van der Waals surface area contributed by atoms with Crippen molar-refractivity contribution in [3.63, 3.8) is 0 Å². The molecule has 1 aromatic carbocycles. The van der Waals surface area contributed by atoms with Gasteiger partial charge in [-0.25, -0.2) is 22.5 Å². The molecule has 0 fully saturated rings. The number of imidazole rings is 1. The first-order valence-electron chi connectivity index (χ1n) is 11.6. The highest BCUT2D eigenvalue weighted by Crippen LogP contribution is 2.35. The van der Waals surface area contributed by atoms with Crippen molar-refractivity contribution >= 4 is 34.5 Å². The van der Waals surface area contributed by atoms with Gasteiger partial charge in [-0.15, -0.1) is 0 Å². The largest absolute Gasteiger partial charge is 0.454 e. The summed E-state index contributed by atoms with van der Waals surface area (Å²) in [5.74, 6) is -0.325. The average molecular weight is 541 g/mol. The minimum atomic E-state index is -3.13. The molecule has 1 N–H and O–H groups in total. The van der Waals surface area contributed by atoms with Crippen LogP contribution in [0, 0.1) is 0 Å². The van der Waals surface area contributed by atoms with E-state index in [1.165, 1.54) is 12.1 Å². The molecule has 0 aliphatic carbocycles. The van der Waals surface area contributed by atoms with Crippen molar-refractivity contribution in [2.24, 2.45) is 0 Å². The molecular formula is C24H25ClF4N6O2. The lowest BCUT2D eigenvalue weighted by atomic mass is 10.3. The van der Waals surface area contributed by atoms with Crippen molar-refractivity contribution in [2.45, 2.75) is 39.8 Å². The molecule has 0 aliphatic heterocycles. The van der Waals surface area contributed by atoms with E-state index >= 15 is 0 Å². The number of likely N-dealkylation sites (N-methyl/N-ethyl adjacent to an activating group) is 1. The van der Waals surface area contributed by atoms with E-state index in [0.29, 0.717) is 22.7 Å². The molecule has 0 aliphatic rings. The molecule has 4 aromatic rings. The zero-order valence-electron chi connectivity index (χ0n) is 20.1. The van der Waals surface area contributed by atoms with Crippen LogP contribution < -0.4 is 5.32 Å².